The summed E-state index contributed by atoms with van der Waals surface area (Å²) in [7, 11) is 0. The molecule has 3 nitrogen and oxygen atoms in total. The summed E-state index contributed by atoms with van der Waals surface area (Å²) < 4.78 is 4.87. The van der Waals surface area contributed by atoms with Crippen LogP contribution in [0.3, 0.4) is 0 Å². The third kappa shape index (κ3) is 3.48. The molecule has 14 heavy (non-hydrogen) atoms. The molecule has 1 aliphatic heterocycles. The van der Waals surface area contributed by atoms with Gasteiger partial charge < -0.3 is 4.74 Å². The Morgan fingerprint density at radius 1 is 1.64 bits per heavy atom. The molecule has 0 aromatic carbocycles. The molecule has 0 aliphatic carbocycles. The van der Waals surface area contributed by atoms with Crippen LogP contribution in [0.1, 0.15) is 40.0 Å². The van der Waals surface area contributed by atoms with Gasteiger partial charge in [-0.15, -0.1) is 0 Å². The van der Waals surface area contributed by atoms with E-state index in [9.17, 15) is 4.79 Å². The molecule has 1 aliphatic rings. The summed E-state index contributed by atoms with van der Waals surface area (Å²) in [6.45, 7) is 6.54. The zero-order chi connectivity index (χ0) is 10.6. The Morgan fingerprint density at radius 3 is 2.86 bits per heavy atom. The molecule has 0 saturated heterocycles. The lowest BCUT2D eigenvalue weighted by Crippen LogP contribution is -2.15. The first kappa shape index (κ1) is 11.2. The van der Waals surface area contributed by atoms with Crippen LogP contribution in [0, 0.1) is 5.92 Å². The van der Waals surface area contributed by atoms with Crippen LogP contribution in [0.15, 0.2) is 4.99 Å². The van der Waals surface area contributed by atoms with Crippen LogP contribution >= 0.6 is 0 Å². The molecule has 80 valence electrons. The number of carbonyl (C=O) groups is 1. The van der Waals surface area contributed by atoms with Crippen LogP contribution in [0.4, 0.5) is 0 Å². The van der Waals surface area contributed by atoms with Gasteiger partial charge in [-0.05, 0) is 39.5 Å². The molecule has 0 aromatic rings. The average molecular weight is 197 g/mol. The smallest absolute Gasteiger partial charge is 0.305 e. The van der Waals surface area contributed by atoms with E-state index >= 15 is 0 Å². The van der Waals surface area contributed by atoms with Crippen LogP contribution in [-0.2, 0) is 9.53 Å². The van der Waals surface area contributed by atoms with Crippen molar-refractivity contribution in [2.75, 3.05) is 6.61 Å². The Bertz CT molecular complexity index is 233. The summed E-state index contributed by atoms with van der Waals surface area (Å²) in [5.41, 5.74) is 0.0688. The molecule has 1 unspecified atom stereocenters. The van der Waals surface area contributed by atoms with Gasteiger partial charge in [0.15, 0.2) is 0 Å². The van der Waals surface area contributed by atoms with Crippen LogP contribution < -0.4 is 0 Å². The van der Waals surface area contributed by atoms with Crippen molar-refractivity contribution in [2.24, 2.45) is 10.9 Å². The quantitative estimate of drug-likeness (QED) is 0.648. The molecule has 0 saturated carbocycles. The molecule has 0 aromatic heterocycles. The van der Waals surface area contributed by atoms with Crippen molar-refractivity contribution in [3.05, 3.63) is 0 Å². The number of carbonyl (C=O) groups excluding carboxylic acids is 1. The standard InChI is InChI=1S/C11H19NO2/c1-4-14-10(13)6-5-9-7-11(2,3)12-8-9/h8-9H,4-7H2,1-3H3. The summed E-state index contributed by atoms with van der Waals surface area (Å²) in [5, 5.41) is 0. The van der Waals surface area contributed by atoms with E-state index in [1.54, 1.807) is 0 Å². The largest absolute Gasteiger partial charge is 0.466 e. The first-order valence-corrected chi connectivity index (χ1v) is 5.24. The second-order valence-electron chi connectivity index (χ2n) is 4.40. The van der Waals surface area contributed by atoms with Gasteiger partial charge >= 0.3 is 5.97 Å². The lowest BCUT2D eigenvalue weighted by Gasteiger charge is -2.15. The van der Waals surface area contributed by atoms with E-state index in [1.807, 2.05) is 13.1 Å². The summed E-state index contributed by atoms with van der Waals surface area (Å²) >= 11 is 0. The Morgan fingerprint density at radius 2 is 2.36 bits per heavy atom. The molecule has 3 heteroatoms. The molecule has 1 rings (SSSR count). The molecule has 0 spiro atoms. The van der Waals surface area contributed by atoms with Crippen molar-refractivity contribution in [3.63, 3.8) is 0 Å². The normalized spacial score (nSPS) is 23.8. The molecular formula is C11H19NO2. The highest BCUT2D eigenvalue weighted by atomic mass is 16.5. The van der Waals surface area contributed by atoms with E-state index in [0.29, 0.717) is 18.9 Å². The summed E-state index contributed by atoms with van der Waals surface area (Å²) in [5.74, 6) is 0.361. The van der Waals surface area contributed by atoms with Gasteiger partial charge in [-0.25, -0.2) is 0 Å². The van der Waals surface area contributed by atoms with Crippen molar-refractivity contribution in [1.29, 1.82) is 0 Å². The molecule has 0 radical (unpaired) electrons. The third-order valence-electron chi connectivity index (χ3n) is 2.42. The number of aliphatic imine (C=N–C) groups is 1. The highest BCUT2D eigenvalue weighted by Crippen LogP contribution is 2.28. The van der Waals surface area contributed by atoms with E-state index < -0.39 is 0 Å². The molecule has 0 N–H and O–H groups in total. The second-order valence-corrected chi connectivity index (χ2v) is 4.40. The number of ether oxygens (including phenoxy) is 1. The highest BCUT2D eigenvalue weighted by molar-refractivity contribution is 5.71. The zero-order valence-corrected chi connectivity index (χ0v) is 9.25. The molecule has 0 fully saturated rings. The molecular weight excluding hydrogens is 178 g/mol. The molecule has 0 amide bonds. The lowest BCUT2D eigenvalue weighted by molar-refractivity contribution is -0.143. The SMILES string of the molecule is CCOC(=O)CCC1C=NC(C)(C)C1. The lowest BCUT2D eigenvalue weighted by atomic mass is 9.93. The number of rotatable bonds is 4. The van der Waals surface area contributed by atoms with Crippen LogP contribution in [0.25, 0.3) is 0 Å². The van der Waals surface area contributed by atoms with Crippen molar-refractivity contribution >= 4 is 12.2 Å². The van der Waals surface area contributed by atoms with Crippen LogP contribution in [0.2, 0.25) is 0 Å². The fourth-order valence-corrected chi connectivity index (χ4v) is 1.77. The molecule has 0 bridgehead atoms. The number of nitrogens with zero attached hydrogens (tertiary/aromatic N) is 1. The Hall–Kier alpha value is -0.860. The van der Waals surface area contributed by atoms with Crippen molar-refractivity contribution in [1.82, 2.24) is 0 Å². The van der Waals surface area contributed by atoms with Gasteiger partial charge in [0, 0.05) is 12.6 Å². The first-order chi connectivity index (χ1) is 6.53. The predicted octanol–water partition coefficient (Wildman–Crippen LogP) is 2.20. The summed E-state index contributed by atoms with van der Waals surface area (Å²) in [4.78, 5) is 15.5. The minimum Gasteiger partial charge on any atom is -0.466 e. The summed E-state index contributed by atoms with van der Waals surface area (Å²) in [6.07, 6.45) is 4.41. The Labute approximate surface area is 85.6 Å². The van der Waals surface area contributed by atoms with Crippen LogP contribution in [-0.4, -0.2) is 24.3 Å². The summed E-state index contributed by atoms with van der Waals surface area (Å²) in [6, 6.07) is 0. The Kier molecular flexibility index (Phi) is 3.67. The second kappa shape index (κ2) is 4.58. The van der Waals surface area contributed by atoms with E-state index in [1.165, 1.54) is 0 Å². The number of esters is 1. The van der Waals surface area contributed by atoms with E-state index in [4.69, 9.17) is 4.74 Å². The monoisotopic (exact) mass is 197 g/mol. The van der Waals surface area contributed by atoms with Gasteiger partial charge in [-0.2, -0.15) is 0 Å². The third-order valence-corrected chi connectivity index (χ3v) is 2.42. The van der Waals surface area contributed by atoms with Crippen molar-refractivity contribution < 1.29 is 9.53 Å². The molecule has 1 atom stereocenters. The Balaban J connectivity index is 2.21. The van der Waals surface area contributed by atoms with Gasteiger partial charge in [0.1, 0.15) is 0 Å². The topological polar surface area (TPSA) is 38.7 Å². The van der Waals surface area contributed by atoms with E-state index in [2.05, 4.69) is 18.8 Å². The van der Waals surface area contributed by atoms with Gasteiger partial charge in [0.05, 0.1) is 12.1 Å². The van der Waals surface area contributed by atoms with Crippen LogP contribution in [0.5, 0.6) is 0 Å². The first-order valence-electron chi connectivity index (χ1n) is 5.24. The fourth-order valence-electron chi connectivity index (χ4n) is 1.77. The van der Waals surface area contributed by atoms with Crippen molar-refractivity contribution in [2.45, 2.75) is 45.6 Å². The van der Waals surface area contributed by atoms with Crippen molar-refractivity contribution in [3.8, 4) is 0 Å². The van der Waals surface area contributed by atoms with Gasteiger partial charge in [-0.1, -0.05) is 0 Å². The van der Waals surface area contributed by atoms with E-state index in [0.717, 1.165) is 12.8 Å². The van der Waals surface area contributed by atoms with Gasteiger partial charge in [0.2, 0.25) is 0 Å². The predicted molar refractivity (Wildman–Crippen MR) is 56.5 cm³/mol. The maximum Gasteiger partial charge on any atom is 0.305 e. The van der Waals surface area contributed by atoms with Gasteiger partial charge in [-0.3, -0.25) is 9.79 Å². The highest BCUT2D eigenvalue weighted by Gasteiger charge is 2.26. The maximum absolute atomic E-state index is 11.1. The minimum atomic E-state index is -0.0920. The fraction of sp³-hybridized carbons (Fsp3) is 0.818. The maximum atomic E-state index is 11.1. The molecule has 1 heterocycles. The van der Waals surface area contributed by atoms with Gasteiger partial charge in [0.25, 0.3) is 0 Å². The number of hydrogen-bond acceptors (Lipinski definition) is 3. The minimum absolute atomic E-state index is 0.0688. The number of hydrogen-bond donors (Lipinski definition) is 0. The zero-order valence-electron chi connectivity index (χ0n) is 9.25. The average Bonchev–Trinajstić information content (AvgIpc) is 2.43. The van der Waals surface area contributed by atoms with E-state index in [-0.39, 0.29) is 11.5 Å².